The van der Waals surface area contributed by atoms with E-state index < -0.39 is 0 Å². The summed E-state index contributed by atoms with van der Waals surface area (Å²) in [5.41, 5.74) is 0. The first-order valence-corrected chi connectivity index (χ1v) is 4.20. The normalized spacial score (nSPS) is 20.8. The van der Waals surface area contributed by atoms with Gasteiger partial charge in [-0.3, -0.25) is 0 Å². The Kier molecular flexibility index (Phi) is 4.00. The summed E-state index contributed by atoms with van der Waals surface area (Å²) in [6.45, 7) is 0. The summed E-state index contributed by atoms with van der Waals surface area (Å²) in [5.74, 6) is 0. The van der Waals surface area contributed by atoms with Gasteiger partial charge in [0.2, 0.25) is 0 Å². The van der Waals surface area contributed by atoms with Crippen molar-refractivity contribution in [2.75, 3.05) is 0 Å². The molecule has 0 amide bonds. The van der Waals surface area contributed by atoms with Crippen molar-refractivity contribution in [3.8, 4) is 0 Å². The first-order chi connectivity index (χ1) is 5.00. The van der Waals surface area contributed by atoms with Gasteiger partial charge < -0.3 is 0 Å². The molecule has 0 nitrogen and oxygen atoms in total. The van der Waals surface area contributed by atoms with E-state index in [2.05, 4.69) is 24.3 Å². The third-order valence-corrected chi connectivity index (χ3v) is 1.74. The molecule has 0 N–H and O–H groups in total. The summed E-state index contributed by atoms with van der Waals surface area (Å²) in [4.78, 5) is 0. The van der Waals surface area contributed by atoms with Crippen LogP contribution in [-0.4, -0.2) is 0 Å². The van der Waals surface area contributed by atoms with E-state index in [9.17, 15) is 0 Å². The van der Waals surface area contributed by atoms with Crippen LogP contribution in [0.2, 0.25) is 0 Å². The highest BCUT2D eigenvalue weighted by Gasteiger charge is 1.86. The third kappa shape index (κ3) is 3.49. The molecule has 1 aliphatic carbocycles. The number of rotatable bonds is 0. The SMILES string of the molecule is [C]1=CCCCCC=CCC1. The van der Waals surface area contributed by atoms with Crippen LogP contribution >= 0.6 is 0 Å². The van der Waals surface area contributed by atoms with Crippen LogP contribution in [-0.2, 0) is 0 Å². The Morgan fingerprint density at radius 3 is 2.70 bits per heavy atom. The molecule has 0 saturated heterocycles. The zero-order chi connectivity index (χ0) is 7.07. The molecule has 55 valence electrons. The van der Waals surface area contributed by atoms with Crippen LogP contribution < -0.4 is 0 Å². The molecule has 0 aliphatic heterocycles. The van der Waals surface area contributed by atoms with Gasteiger partial charge in [0, 0.05) is 0 Å². The van der Waals surface area contributed by atoms with Crippen molar-refractivity contribution in [2.45, 2.75) is 38.5 Å². The molecule has 0 spiro atoms. The van der Waals surface area contributed by atoms with Gasteiger partial charge in [0.25, 0.3) is 0 Å². The Morgan fingerprint density at radius 1 is 0.900 bits per heavy atom. The van der Waals surface area contributed by atoms with Crippen LogP contribution in [0, 0.1) is 6.08 Å². The highest BCUT2D eigenvalue weighted by Crippen LogP contribution is 2.05. The Labute approximate surface area is 63.6 Å². The lowest BCUT2D eigenvalue weighted by Crippen LogP contribution is -1.76. The summed E-state index contributed by atoms with van der Waals surface area (Å²) in [5, 5.41) is 0. The molecule has 0 bridgehead atoms. The Morgan fingerprint density at radius 2 is 1.70 bits per heavy atom. The van der Waals surface area contributed by atoms with E-state index in [0.29, 0.717) is 0 Å². The standard InChI is InChI=1S/C10H15/c1-2-4-6-8-10-9-7-5-3-1/h1-2,10H,3-7,9H2. The number of allylic oxidation sites excluding steroid dienone is 4. The zero-order valence-corrected chi connectivity index (χ0v) is 6.47. The van der Waals surface area contributed by atoms with Gasteiger partial charge in [0.1, 0.15) is 0 Å². The molecular formula is C10H15. The van der Waals surface area contributed by atoms with Crippen LogP contribution in [0.25, 0.3) is 0 Å². The molecule has 0 aromatic carbocycles. The lowest BCUT2D eigenvalue weighted by Gasteiger charge is -1.95. The fourth-order valence-electron chi connectivity index (χ4n) is 1.12. The Balaban J connectivity index is 2.23. The van der Waals surface area contributed by atoms with Gasteiger partial charge >= 0.3 is 0 Å². The fraction of sp³-hybridized carbons (Fsp3) is 0.600. The number of hydrogen-bond donors (Lipinski definition) is 0. The third-order valence-electron chi connectivity index (χ3n) is 1.74. The van der Waals surface area contributed by atoms with Crippen LogP contribution in [0.4, 0.5) is 0 Å². The first-order valence-electron chi connectivity index (χ1n) is 4.20. The number of hydrogen-bond acceptors (Lipinski definition) is 0. The maximum absolute atomic E-state index is 3.28. The summed E-state index contributed by atoms with van der Waals surface area (Å²) >= 11 is 0. The summed E-state index contributed by atoms with van der Waals surface area (Å²) in [7, 11) is 0. The molecule has 0 aromatic heterocycles. The lowest BCUT2D eigenvalue weighted by atomic mass is 10.1. The van der Waals surface area contributed by atoms with E-state index in [1.807, 2.05) is 0 Å². The highest BCUT2D eigenvalue weighted by molar-refractivity contribution is 4.86. The molecule has 1 radical (unpaired) electrons. The molecule has 10 heavy (non-hydrogen) atoms. The van der Waals surface area contributed by atoms with Crippen molar-refractivity contribution in [1.29, 1.82) is 0 Å². The van der Waals surface area contributed by atoms with Crippen molar-refractivity contribution < 1.29 is 0 Å². The summed E-state index contributed by atoms with van der Waals surface area (Å²) < 4.78 is 0. The van der Waals surface area contributed by atoms with Crippen LogP contribution in [0.1, 0.15) is 38.5 Å². The van der Waals surface area contributed by atoms with Crippen LogP contribution in [0.15, 0.2) is 18.2 Å². The molecule has 0 saturated carbocycles. The van der Waals surface area contributed by atoms with Gasteiger partial charge in [-0.1, -0.05) is 18.2 Å². The fourth-order valence-corrected chi connectivity index (χ4v) is 1.12. The van der Waals surface area contributed by atoms with Crippen LogP contribution in [0.3, 0.4) is 0 Å². The van der Waals surface area contributed by atoms with E-state index in [0.717, 1.165) is 6.42 Å². The van der Waals surface area contributed by atoms with Crippen molar-refractivity contribution in [2.24, 2.45) is 0 Å². The monoisotopic (exact) mass is 135 g/mol. The average Bonchev–Trinajstić information content (AvgIpc) is 2.01. The van der Waals surface area contributed by atoms with Crippen molar-refractivity contribution in [1.82, 2.24) is 0 Å². The van der Waals surface area contributed by atoms with Gasteiger partial charge in [0.05, 0.1) is 0 Å². The van der Waals surface area contributed by atoms with E-state index in [1.54, 1.807) is 0 Å². The van der Waals surface area contributed by atoms with Crippen molar-refractivity contribution in [3.63, 3.8) is 0 Å². The topological polar surface area (TPSA) is 0 Å². The average molecular weight is 135 g/mol. The first kappa shape index (κ1) is 7.59. The second kappa shape index (κ2) is 5.28. The second-order valence-electron chi connectivity index (χ2n) is 2.70. The van der Waals surface area contributed by atoms with E-state index in [1.165, 1.54) is 32.1 Å². The molecule has 0 aromatic rings. The minimum Gasteiger partial charge on any atom is -0.0885 e. The second-order valence-corrected chi connectivity index (χ2v) is 2.70. The van der Waals surface area contributed by atoms with Gasteiger partial charge in [-0.25, -0.2) is 0 Å². The maximum Gasteiger partial charge on any atom is -0.0245 e. The maximum atomic E-state index is 3.28. The van der Waals surface area contributed by atoms with Crippen molar-refractivity contribution >= 4 is 0 Å². The molecule has 0 atom stereocenters. The zero-order valence-electron chi connectivity index (χ0n) is 6.47. The van der Waals surface area contributed by atoms with Gasteiger partial charge in [-0.2, -0.15) is 0 Å². The van der Waals surface area contributed by atoms with Gasteiger partial charge in [-0.05, 0) is 44.6 Å². The lowest BCUT2D eigenvalue weighted by molar-refractivity contribution is 0.752. The molecular weight excluding hydrogens is 120 g/mol. The minimum absolute atomic E-state index is 1.11. The minimum atomic E-state index is 1.11. The summed E-state index contributed by atoms with van der Waals surface area (Å²) in [6.07, 6.45) is 17.5. The van der Waals surface area contributed by atoms with Gasteiger partial charge in [-0.15, -0.1) is 0 Å². The van der Waals surface area contributed by atoms with E-state index in [4.69, 9.17) is 0 Å². The summed E-state index contributed by atoms with van der Waals surface area (Å²) in [6, 6.07) is 0. The Bertz CT molecular complexity index is 104. The smallest absolute Gasteiger partial charge is 0.0245 e. The largest absolute Gasteiger partial charge is 0.0885 e. The van der Waals surface area contributed by atoms with E-state index in [-0.39, 0.29) is 0 Å². The molecule has 1 aliphatic rings. The van der Waals surface area contributed by atoms with Crippen LogP contribution in [0.5, 0.6) is 0 Å². The molecule has 0 fully saturated rings. The van der Waals surface area contributed by atoms with Crippen molar-refractivity contribution in [3.05, 3.63) is 24.3 Å². The van der Waals surface area contributed by atoms with E-state index >= 15 is 0 Å². The van der Waals surface area contributed by atoms with Gasteiger partial charge in [0.15, 0.2) is 0 Å². The predicted octanol–water partition coefficient (Wildman–Crippen LogP) is 3.26. The molecule has 0 unspecified atom stereocenters. The molecule has 0 heterocycles. The highest BCUT2D eigenvalue weighted by atomic mass is 13.9. The Hall–Kier alpha value is -0.520. The quantitative estimate of drug-likeness (QED) is 0.447. The molecule has 1 rings (SSSR count). The predicted molar refractivity (Wildman–Crippen MR) is 44.7 cm³/mol. The molecule has 0 heteroatoms.